The SMILES string of the molecule is CC(C)(CN)N1CCC(C(N)=O)CC1. The van der Waals surface area contributed by atoms with E-state index < -0.39 is 0 Å². The second-order valence-electron chi connectivity index (χ2n) is 4.68. The molecule has 0 spiro atoms. The summed E-state index contributed by atoms with van der Waals surface area (Å²) in [6.45, 7) is 6.78. The monoisotopic (exact) mass is 199 g/mol. The second-order valence-corrected chi connectivity index (χ2v) is 4.68. The van der Waals surface area contributed by atoms with E-state index >= 15 is 0 Å². The van der Waals surface area contributed by atoms with Gasteiger partial charge in [-0.3, -0.25) is 9.69 Å². The molecule has 4 heteroatoms. The lowest BCUT2D eigenvalue weighted by atomic mass is 9.92. The fraction of sp³-hybridized carbons (Fsp3) is 0.900. The van der Waals surface area contributed by atoms with Gasteiger partial charge in [-0.1, -0.05) is 0 Å². The highest BCUT2D eigenvalue weighted by Crippen LogP contribution is 2.23. The summed E-state index contributed by atoms with van der Waals surface area (Å²) in [6, 6.07) is 0. The van der Waals surface area contributed by atoms with Gasteiger partial charge in [-0.15, -0.1) is 0 Å². The van der Waals surface area contributed by atoms with Crippen molar-refractivity contribution in [1.29, 1.82) is 0 Å². The lowest BCUT2D eigenvalue weighted by Gasteiger charge is -2.41. The lowest BCUT2D eigenvalue weighted by molar-refractivity contribution is -0.123. The van der Waals surface area contributed by atoms with E-state index in [2.05, 4.69) is 18.7 Å². The van der Waals surface area contributed by atoms with E-state index in [1.807, 2.05) is 0 Å². The number of carbonyl (C=O) groups excluding carboxylic acids is 1. The zero-order valence-corrected chi connectivity index (χ0v) is 9.12. The van der Waals surface area contributed by atoms with E-state index in [1.54, 1.807) is 0 Å². The van der Waals surface area contributed by atoms with Crippen LogP contribution in [-0.2, 0) is 4.79 Å². The fourth-order valence-electron chi connectivity index (χ4n) is 1.90. The summed E-state index contributed by atoms with van der Waals surface area (Å²) in [5.74, 6) is -0.0879. The molecule has 0 radical (unpaired) electrons. The molecule has 0 atom stereocenters. The van der Waals surface area contributed by atoms with Gasteiger partial charge in [0.2, 0.25) is 5.91 Å². The number of piperidine rings is 1. The van der Waals surface area contributed by atoms with Crippen LogP contribution in [0.25, 0.3) is 0 Å². The molecule has 1 amide bonds. The Morgan fingerprint density at radius 1 is 1.43 bits per heavy atom. The van der Waals surface area contributed by atoms with Crippen molar-refractivity contribution in [1.82, 2.24) is 4.90 Å². The maximum Gasteiger partial charge on any atom is 0.220 e. The van der Waals surface area contributed by atoms with Gasteiger partial charge in [-0.25, -0.2) is 0 Å². The Bertz CT molecular complexity index is 207. The quantitative estimate of drug-likeness (QED) is 0.668. The maximum absolute atomic E-state index is 11.0. The Morgan fingerprint density at radius 3 is 2.29 bits per heavy atom. The summed E-state index contributed by atoms with van der Waals surface area (Å²) >= 11 is 0. The van der Waals surface area contributed by atoms with Crippen LogP contribution in [0.15, 0.2) is 0 Å². The molecule has 0 saturated carbocycles. The zero-order chi connectivity index (χ0) is 10.8. The van der Waals surface area contributed by atoms with Crippen molar-refractivity contribution in [2.24, 2.45) is 17.4 Å². The summed E-state index contributed by atoms with van der Waals surface area (Å²) in [7, 11) is 0. The zero-order valence-electron chi connectivity index (χ0n) is 9.12. The second kappa shape index (κ2) is 4.28. The molecule has 1 saturated heterocycles. The first-order valence-electron chi connectivity index (χ1n) is 5.22. The molecule has 1 aliphatic rings. The summed E-state index contributed by atoms with van der Waals surface area (Å²) in [6.07, 6.45) is 1.75. The highest BCUT2D eigenvalue weighted by atomic mass is 16.1. The number of nitrogens with zero attached hydrogens (tertiary/aromatic N) is 1. The highest BCUT2D eigenvalue weighted by Gasteiger charge is 2.30. The number of likely N-dealkylation sites (tertiary alicyclic amines) is 1. The van der Waals surface area contributed by atoms with Gasteiger partial charge in [0.1, 0.15) is 0 Å². The number of primary amides is 1. The Labute approximate surface area is 85.6 Å². The molecule has 0 aromatic heterocycles. The topological polar surface area (TPSA) is 72.3 Å². The van der Waals surface area contributed by atoms with Crippen molar-refractivity contribution in [3.05, 3.63) is 0 Å². The van der Waals surface area contributed by atoms with Gasteiger partial charge < -0.3 is 11.5 Å². The molecule has 0 aromatic rings. The molecule has 82 valence electrons. The van der Waals surface area contributed by atoms with Gasteiger partial charge in [-0.05, 0) is 39.8 Å². The van der Waals surface area contributed by atoms with E-state index in [1.165, 1.54) is 0 Å². The van der Waals surface area contributed by atoms with Crippen LogP contribution in [0, 0.1) is 5.92 Å². The van der Waals surface area contributed by atoms with Gasteiger partial charge >= 0.3 is 0 Å². The maximum atomic E-state index is 11.0. The highest BCUT2D eigenvalue weighted by molar-refractivity contribution is 5.76. The largest absolute Gasteiger partial charge is 0.369 e. The molecule has 0 aliphatic carbocycles. The number of rotatable bonds is 3. The number of carbonyl (C=O) groups is 1. The molecule has 0 aromatic carbocycles. The third kappa shape index (κ3) is 2.45. The van der Waals surface area contributed by atoms with Crippen molar-refractivity contribution in [3.63, 3.8) is 0 Å². The van der Waals surface area contributed by atoms with Crippen molar-refractivity contribution < 1.29 is 4.79 Å². The first-order valence-corrected chi connectivity index (χ1v) is 5.22. The summed E-state index contributed by atoms with van der Waals surface area (Å²) in [5.41, 5.74) is 11.0. The average Bonchev–Trinajstić information content (AvgIpc) is 2.18. The Morgan fingerprint density at radius 2 is 1.93 bits per heavy atom. The minimum Gasteiger partial charge on any atom is -0.369 e. The van der Waals surface area contributed by atoms with Crippen molar-refractivity contribution in [2.75, 3.05) is 19.6 Å². The number of hydrogen-bond acceptors (Lipinski definition) is 3. The van der Waals surface area contributed by atoms with Crippen LogP contribution < -0.4 is 11.5 Å². The van der Waals surface area contributed by atoms with Gasteiger partial charge in [0.05, 0.1) is 0 Å². The van der Waals surface area contributed by atoms with E-state index in [9.17, 15) is 4.79 Å². The third-order valence-corrected chi connectivity index (χ3v) is 3.25. The molecule has 1 aliphatic heterocycles. The molecule has 0 bridgehead atoms. The summed E-state index contributed by atoms with van der Waals surface area (Å²) in [5, 5.41) is 0. The molecule has 4 nitrogen and oxygen atoms in total. The molecule has 1 heterocycles. The van der Waals surface area contributed by atoms with Crippen LogP contribution >= 0.6 is 0 Å². The smallest absolute Gasteiger partial charge is 0.220 e. The fourth-order valence-corrected chi connectivity index (χ4v) is 1.90. The summed E-state index contributed by atoms with van der Waals surface area (Å²) < 4.78 is 0. The Kier molecular flexibility index (Phi) is 3.50. The van der Waals surface area contributed by atoms with Crippen molar-refractivity contribution >= 4 is 5.91 Å². The van der Waals surface area contributed by atoms with Crippen LogP contribution in [0.1, 0.15) is 26.7 Å². The van der Waals surface area contributed by atoms with Gasteiger partial charge in [-0.2, -0.15) is 0 Å². The molecular formula is C10H21N3O. The van der Waals surface area contributed by atoms with Crippen molar-refractivity contribution in [3.8, 4) is 0 Å². The standard InChI is InChI=1S/C10H21N3O/c1-10(2,7-11)13-5-3-8(4-6-13)9(12)14/h8H,3-7,11H2,1-2H3,(H2,12,14). The predicted molar refractivity (Wildman–Crippen MR) is 56.6 cm³/mol. The Hall–Kier alpha value is -0.610. The molecule has 1 rings (SSSR count). The Balaban J connectivity index is 2.47. The van der Waals surface area contributed by atoms with Gasteiger partial charge in [0, 0.05) is 18.0 Å². The van der Waals surface area contributed by atoms with E-state index in [0.717, 1.165) is 25.9 Å². The molecule has 1 fully saturated rings. The van der Waals surface area contributed by atoms with Crippen LogP contribution in [0.3, 0.4) is 0 Å². The normalized spacial score (nSPS) is 21.1. The molecule has 0 unspecified atom stereocenters. The molecular weight excluding hydrogens is 178 g/mol. The first-order chi connectivity index (χ1) is 6.47. The van der Waals surface area contributed by atoms with Gasteiger partial charge in [0.15, 0.2) is 0 Å². The third-order valence-electron chi connectivity index (χ3n) is 3.25. The average molecular weight is 199 g/mol. The number of amides is 1. The van der Waals surface area contributed by atoms with E-state index in [-0.39, 0.29) is 17.4 Å². The van der Waals surface area contributed by atoms with Gasteiger partial charge in [0.25, 0.3) is 0 Å². The van der Waals surface area contributed by atoms with Crippen LogP contribution in [0.5, 0.6) is 0 Å². The predicted octanol–water partition coefficient (Wildman–Crippen LogP) is -0.0790. The summed E-state index contributed by atoms with van der Waals surface area (Å²) in [4.78, 5) is 13.3. The van der Waals surface area contributed by atoms with Crippen LogP contribution in [0.4, 0.5) is 0 Å². The number of hydrogen-bond donors (Lipinski definition) is 2. The van der Waals surface area contributed by atoms with E-state index in [4.69, 9.17) is 11.5 Å². The molecule has 14 heavy (non-hydrogen) atoms. The van der Waals surface area contributed by atoms with Crippen molar-refractivity contribution in [2.45, 2.75) is 32.2 Å². The number of nitrogens with two attached hydrogens (primary N) is 2. The van der Waals surface area contributed by atoms with Crippen LogP contribution in [-0.4, -0.2) is 36.0 Å². The van der Waals surface area contributed by atoms with E-state index in [0.29, 0.717) is 6.54 Å². The minimum atomic E-state index is -0.157. The lowest BCUT2D eigenvalue weighted by Crippen LogP contribution is -2.53. The first kappa shape index (κ1) is 11.5. The van der Waals surface area contributed by atoms with Crippen LogP contribution in [0.2, 0.25) is 0 Å². The molecule has 4 N–H and O–H groups in total. The minimum absolute atomic E-state index is 0.0443.